The molecule has 0 aliphatic rings. The molecule has 0 aliphatic heterocycles. The summed E-state index contributed by atoms with van der Waals surface area (Å²) in [6, 6.07) is 8.28. The maximum absolute atomic E-state index is 12.9. The van der Waals surface area contributed by atoms with Crippen LogP contribution in [0.5, 0.6) is 0 Å². The molecule has 106 valence electrons. The van der Waals surface area contributed by atoms with Crippen molar-refractivity contribution in [3.8, 4) is 0 Å². The van der Waals surface area contributed by atoms with Crippen molar-refractivity contribution < 1.29 is 13.2 Å². The zero-order valence-corrected chi connectivity index (χ0v) is 11.1. The molecule has 0 spiro atoms. The largest absolute Gasteiger partial charge is 0.418 e. The molecule has 0 amide bonds. The molecule has 2 rings (SSSR count). The average molecular weight is 301 g/mol. The van der Waals surface area contributed by atoms with Gasteiger partial charge in [0.25, 0.3) is 0 Å². The second-order valence-electron chi connectivity index (χ2n) is 4.34. The Labute approximate surface area is 119 Å². The summed E-state index contributed by atoms with van der Waals surface area (Å²) in [5.74, 6) is 0. The summed E-state index contributed by atoms with van der Waals surface area (Å²) in [5.41, 5.74) is 5.59. The summed E-state index contributed by atoms with van der Waals surface area (Å²) >= 11 is 5.99. The van der Waals surface area contributed by atoms with E-state index >= 15 is 0 Å². The van der Waals surface area contributed by atoms with E-state index in [9.17, 15) is 13.2 Å². The first kappa shape index (κ1) is 14.8. The van der Waals surface area contributed by atoms with Gasteiger partial charge in [0.05, 0.1) is 17.3 Å². The number of nitrogens with zero attached hydrogens (tertiary/aromatic N) is 1. The van der Waals surface area contributed by atoms with Gasteiger partial charge in [0.15, 0.2) is 0 Å². The van der Waals surface area contributed by atoms with Crippen molar-refractivity contribution in [2.45, 2.75) is 18.6 Å². The van der Waals surface area contributed by atoms with Crippen LogP contribution in [-0.4, -0.2) is 4.98 Å². The lowest BCUT2D eigenvalue weighted by Gasteiger charge is -2.17. The zero-order valence-electron chi connectivity index (χ0n) is 10.4. The molecule has 2 aromatic rings. The van der Waals surface area contributed by atoms with E-state index in [1.807, 2.05) is 0 Å². The molecule has 0 aliphatic carbocycles. The Bertz CT molecular complexity index is 599. The van der Waals surface area contributed by atoms with Crippen LogP contribution in [0.2, 0.25) is 5.02 Å². The molecule has 1 atom stereocenters. The van der Waals surface area contributed by atoms with Crippen molar-refractivity contribution in [3.63, 3.8) is 0 Å². The quantitative estimate of drug-likeness (QED) is 0.930. The van der Waals surface area contributed by atoms with E-state index in [1.165, 1.54) is 12.3 Å². The second kappa shape index (κ2) is 5.81. The van der Waals surface area contributed by atoms with Crippen LogP contribution in [0.3, 0.4) is 0 Å². The monoisotopic (exact) mass is 300 g/mol. The number of alkyl halides is 3. The fraction of sp³-hybridized carbons (Fsp3) is 0.214. The first-order valence-corrected chi connectivity index (χ1v) is 6.28. The smallest absolute Gasteiger partial charge is 0.322 e. The van der Waals surface area contributed by atoms with Crippen molar-refractivity contribution >= 4 is 11.6 Å². The van der Waals surface area contributed by atoms with Crippen LogP contribution in [0.25, 0.3) is 0 Å². The van der Waals surface area contributed by atoms with Crippen LogP contribution in [0.1, 0.15) is 22.9 Å². The van der Waals surface area contributed by atoms with Gasteiger partial charge in [0, 0.05) is 11.2 Å². The topological polar surface area (TPSA) is 38.9 Å². The van der Waals surface area contributed by atoms with E-state index in [4.69, 9.17) is 17.3 Å². The Morgan fingerprint density at radius 2 is 1.85 bits per heavy atom. The summed E-state index contributed by atoms with van der Waals surface area (Å²) in [4.78, 5) is 3.78. The van der Waals surface area contributed by atoms with Gasteiger partial charge in [-0.05, 0) is 30.2 Å². The minimum Gasteiger partial charge on any atom is -0.322 e. The highest BCUT2D eigenvalue weighted by molar-refractivity contribution is 6.31. The number of hydrogen-bond donors (Lipinski definition) is 1. The highest BCUT2D eigenvalue weighted by Crippen LogP contribution is 2.34. The first-order valence-electron chi connectivity index (χ1n) is 5.90. The van der Waals surface area contributed by atoms with Crippen molar-refractivity contribution in [2.75, 3.05) is 0 Å². The molecule has 1 aromatic carbocycles. The van der Waals surface area contributed by atoms with Gasteiger partial charge >= 0.3 is 6.18 Å². The van der Waals surface area contributed by atoms with Crippen LogP contribution in [0.15, 0.2) is 42.6 Å². The van der Waals surface area contributed by atoms with Gasteiger partial charge in [0.2, 0.25) is 0 Å². The fourth-order valence-electron chi connectivity index (χ4n) is 1.95. The molecule has 0 saturated carbocycles. The lowest BCUT2D eigenvalue weighted by molar-refractivity contribution is -0.138. The molecule has 1 aromatic heterocycles. The minimum atomic E-state index is -4.47. The van der Waals surface area contributed by atoms with Gasteiger partial charge in [0.1, 0.15) is 0 Å². The van der Waals surface area contributed by atoms with Gasteiger partial charge in [-0.2, -0.15) is 13.2 Å². The summed E-state index contributed by atoms with van der Waals surface area (Å²) in [5, 5.41) is 0.479. The molecular weight excluding hydrogens is 289 g/mol. The van der Waals surface area contributed by atoms with Gasteiger partial charge in [-0.1, -0.05) is 29.8 Å². The minimum absolute atomic E-state index is 0.167. The lowest BCUT2D eigenvalue weighted by atomic mass is 10.00. The number of pyridine rings is 1. The molecule has 6 heteroatoms. The predicted octanol–water partition coefficient (Wildman–Crippen LogP) is 4.00. The standard InChI is InChI=1S/C14H12ClF3N2/c15-11-6-2-1-4-9(11)8-12(19)13-10(14(16,17)18)5-3-7-20-13/h1-7,12H,8,19H2/t12-/m0/s1. The van der Waals surface area contributed by atoms with Crippen molar-refractivity contribution in [1.29, 1.82) is 0 Å². The summed E-state index contributed by atoms with van der Waals surface area (Å²) in [7, 11) is 0. The average Bonchev–Trinajstić information content (AvgIpc) is 2.40. The van der Waals surface area contributed by atoms with Crippen molar-refractivity contribution in [1.82, 2.24) is 4.98 Å². The van der Waals surface area contributed by atoms with Gasteiger partial charge in [-0.25, -0.2) is 0 Å². The molecule has 0 fully saturated rings. The maximum Gasteiger partial charge on any atom is 0.418 e. The Kier molecular flexibility index (Phi) is 4.30. The molecule has 0 radical (unpaired) electrons. The summed E-state index contributed by atoms with van der Waals surface area (Å²) in [6.07, 6.45) is -2.97. The Morgan fingerprint density at radius 1 is 1.15 bits per heavy atom. The molecule has 0 bridgehead atoms. The van der Waals surface area contributed by atoms with Crippen LogP contribution in [0, 0.1) is 0 Å². The van der Waals surface area contributed by atoms with Crippen LogP contribution in [-0.2, 0) is 12.6 Å². The van der Waals surface area contributed by atoms with E-state index < -0.39 is 17.8 Å². The number of hydrogen-bond acceptors (Lipinski definition) is 2. The zero-order chi connectivity index (χ0) is 14.8. The van der Waals surface area contributed by atoms with Crippen LogP contribution >= 0.6 is 11.6 Å². The van der Waals surface area contributed by atoms with Crippen molar-refractivity contribution in [2.24, 2.45) is 5.73 Å². The van der Waals surface area contributed by atoms with Crippen LogP contribution in [0.4, 0.5) is 13.2 Å². The third-order valence-electron chi connectivity index (χ3n) is 2.89. The lowest BCUT2D eigenvalue weighted by Crippen LogP contribution is -2.21. The summed E-state index contributed by atoms with van der Waals surface area (Å²) < 4.78 is 38.7. The van der Waals surface area contributed by atoms with Crippen LogP contribution < -0.4 is 5.73 Å². The fourth-order valence-corrected chi connectivity index (χ4v) is 2.16. The number of benzene rings is 1. The summed E-state index contributed by atoms with van der Waals surface area (Å²) in [6.45, 7) is 0. The van der Waals surface area contributed by atoms with E-state index in [0.29, 0.717) is 10.6 Å². The molecule has 20 heavy (non-hydrogen) atoms. The van der Waals surface area contributed by atoms with Gasteiger partial charge < -0.3 is 5.73 Å². The highest BCUT2D eigenvalue weighted by atomic mass is 35.5. The first-order chi connectivity index (χ1) is 9.39. The second-order valence-corrected chi connectivity index (χ2v) is 4.74. The van der Waals surface area contributed by atoms with Gasteiger partial charge in [-0.3, -0.25) is 4.98 Å². The third kappa shape index (κ3) is 3.29. The Morgan fingerprint density at radius 3 is 2.50 bits per heavy atom. The predicted molar refractivity (Wildman–Crippen MR) is 71.3 cm³/mol. The highest BCUT2D eigenvalue weighted by Gasteiger charge is 2.35. The molecule has 0 saturated heterocycles. The third-order valence-corrected chi connectivity index (χ3v) is 3.26. The number of nitrogens with two attached hydrogens (primary N) is 1. The van der Waals surface area contributed by atoms with E-state index in [-0.39, 0.29) is 12.1 Å². The van der Waals surface area contributed by atoms with E-state index in [0.717, 1.165) is 6.07 Å². The number of aromatic nitrogens is 1. The molecule has 1 heterocycles. The van der Waals surface area contributed by atoms with E-state index in [1.54, 1.807) is 24.3 Å². The molecule has 2 N–H and O–H groups in total. The molecule has 0 unspecified atom stereocenters. The number of halogens is 4. The Hall–Kier alpha value is -1.59. The maximum atomic E-state index is 12.9. The van der Waals surface area contributed by atoms with Gasteiger partial charge in [-0.15, -0.1) is 0 Å². The Balaban J connectivity index is 2.31. The van der Waals surface area contributed by atoms with E-state index in [2.05, 4.69) is 4.98 Å². The SMILES string of the molecule is N[C@@H](Cc1ccccc1Cl)c1ncccc1C(F)(F)F. The molecule has 2 nitrogen and oxygen atoms in total. The van der Waals surface area contributed by atoms with Crippen molar-refractivity contribution in [3.05, 3.63) is 64.4 Å². The normalized spacial score (nSPS) is 13.2. The molecular formula is C14H12ClF3N2. The number of rotatable bonds is 3.